The van der Waals surface area contributed by atoms with Gasteiger partial charge in [-0.1, -0.05) is 12.8 Å². The molecule has 2 rings (SSSR count). The minimum Gasteiger partial charge on any atom is -0.396 e. The molecule has 1 unspecified atom stereocenters. The number of urea groups is 1. The average Bonchev–Trinajstić information content (AvgIpc) is 2.67. The van der Waals surface area contributed by atoms with Crippen molar-refractivity contribution >= 4 is 6.03 Å². The molecule has 2 fully saturated rings. The summed E-state index contributed by atoms with van der Waals surface area (Å²) in [5.74, 6) is 0. The number of nitrogens with one attached hydrogen (secondary N) is 1. The van der Waals surface area contributed by atoms with Crippen molar-refractivity contribution in [1.29, 1.82) is 0 Å². The van der Waals surface area contributed by atoms with Gasteiger partial charge in [0.1, 0.15) is 0 Å². The maximum Gasteiger partial charge on any atom is 0.320 e. The van der Waals surface area contributed by atoms with E-state index in [9.17, 15) is 4.79 Å². The van der Waals surface area contributed by atoms with E-state index in [0.717, 1.165) is 58.4 Å². The summed E-state index contributed by atoms with van der Waals surface area (Å²) < 4.78 is 0. The predicted octanol–water partition coefficient (Wildman–Crippen LogP) is 0.249. The van der Waals surface area contributed by atoms with Gasteiger partial charge in [0, 0.05) is 39.3 Å². The van der Waals surface area contributed by atoms with E-state index in [4.69, 9.17) is 5.11 Å². The van der Waals surface area contributed by atoms with Gasteiger partial charge in [0.2, 0.25) is 0 Å². The van der Waals surface area contributed by atoms with Crippen LogP contribution in [-0.2, 0) is 0 Å². The summed E-state index contributed by atoms with van der Waals surface area (Å²) in [5, 5.41) is 12.0. The van der Waals surface area contributed by atoms with Gasteiger partial charge in [0.05, 0.1) is 6.04 Å². The summed E-state index contributed by atoms with van der Waals surface area (Å²) in [6.07, 6.45) is 4.10. The Balaban J connectivity index is 1.69. The van der Waals surface area contributed by atoms with Crippen LogP contribution in [0.5, 0.6) is 0 Å². The molecule has 0 aliphatic carbocycles. The number of carbonyl (C=O) groups excluding carboxylic acids is 1. The molecule has 1 atom stereocenters. The number of unbranched alkanes of at least 4 members (excludes halogenated alkanes) is 3. The number of piperazine rings is 1. The van der Waals surface area contributed by atoms with Crippen molar-refractivity contribution in [2.75, 3.05) is 39.3 Å². The zero-order chi connectivity index (χ0) is 12.1. The van der Waals surface area contributed by atoms with Crippen LogP contribution in [0.25, 0.3) is 0 Å². The lowest BCUT2D eigenvalue weighted by atomic mass is 10.2. The van der Waals surface area contributed by atoms with Gasteiger partial charge in [0.25, 0.3) is 0 Å². The minimum absolute atomic E-state index is 0.221. The molecule has 0 aromatic rings. The predicted molar refractivity (Wildman–Crippen MR) is 65.9 cm³/mol. The topological polar surface area (TPSA) is 55.8 Å². The van der Waals surface area contributed by atoms with E-state index in [-0.39, 0.29) is 12.6 Å². The van der Waals surface area contributed by atoms with Crippen LogP contribution in [0.4, 0.5) is 4.79 Å². The lowest BCUT2D eigenvalue weighted by Gasteiger charge is -2.28. The first kappa shape index (κ1) is 12.6. The Bertz CT molecular complexity index is 260. The number of amides is 2. The highest BCUT2D eigenvalue weighted by Crippen LogP contribution is 2.18. The molecule has 0 radical (unpaired) electrons. The molecule has 0 aromatic carbocycles. The molecule has 2 aliphatic heterocycles. The van der Waals surface area contributed by atoms with Crippen molar-refractivity contribution < 1.29 is 9.90 Å². The maximum absolute atomic E-state index is 12.0. The largest absolute Gasteiger partial charge is 0.396 e. The number of carbonyl (C=O) groups is 1. The van der Waals surface area contributed by atoms with E-state index in [1.165, 1.54) is 0 Å². The van der Waals surface area contributed by atoms with E-state index in [1.807, 2.05) is 9.80 Å². The molecule has 0 saturated carbocycles. The van der Waals surface area contributed by atoms with Crippen molar-refractivity contribution in [3.8, 4) is 0 Å². The Morgan fingerprint density at radius 3 is 2.88 bits per heavy atom. The van der Waals surface area contributed by atoms with Crippen LogP contribution >= 0.6 is 0 Å². The normalized spacial score (nSPS) is 24.3. The minimum atomic E-state index is 0.221. The zero-order valence-electron chi connectivity index (χ0n) is 10.4. The van der Waals surface area contributed by atoms with Crippen LogP contribution in [0.3, 0.4) is 0 Å². The SMILES string of the molecule is O=C1N(CCCCCCO)CC2CNCCN12. The van der Waals surface area contributed by atoms with Gasteiger partial charge in [0.15, 0.2) is 0 Å². The van der Waals surface area contributed by atoms with Gasteiger partial charge in [-0.3, -0.25) is 0 Å². The van der Waals surface area contributed by atoms with E-state index >= 15 is 0 Å². The molecule has 5 heteroatoms. The summed E-state index contributed by atoms with van der Waals surface area (Å²) in [7, 11) is 0. The number of aliphatic hydroxyl groups excluding tert-OH is 1. The van der Waals surface area contributed by atoms with E-state index in [0.29, 0.717) is 6.04 Å². The lowest BCUT2D eigenvalue weighted by molar-refractivity contribution is 0.178. The second-order valence-electron chi connectivity index (χ2n) is 4.92. The summed E-state index contributed by atoms with van der Waals surface area (Å²) in [4.78, 5) is 16.0. The third-order valence-corrected chi connectivity index (χ3v) is 3.63. The fourth-order valence-corrected chi connectivity index (χ4v) is 2.64. The maximum atomic E-state index is 12.0. The Hall–Kier alpha value is -0.810. The van der Waals surface area contributed by atoms with Crippen molar-refractivity contribution in [1.82, 2.24) is 15.1 Å². The molecule has 0 spiro atoms. The first-order chi connectivity index (χ1) is 8.33. The number of aliphatic hydroxyl groups is 1. The van der Waals surface area contributed by atoms with Crippen molar-refractivity contribution in [3.63, 3.8) is 0 Å². The summed E-state index contributed by atoms with van der Waals surface area (Å²) in [6.45, 7) is 4.75. The molecule has 5 nitrogen and oxygen atoms in total. The smallest absolute Gasteiger partial charge is 0.320 e. The van der Waals surface area contributed by atoms with E-state index < -0.39 is 0 Å². The Morgan fingerprint density at radius 2 is 2.12 bits per heavy atom. The molecule has 17 heavy (non-hydrogen) atoms. The molecule has 2 N–H and O–H groups in total. The quantitative estimate of drug-likeness (QED) is 0.655. The monoisotopic (exact) mass is 241 g/mol. The van der Waals surface area contributed by atoms with Crippen molar-refractivity contribution in [2.24, 2.45) is 0 Å². The molecular weight excluding hydrogens is 218 g/mol. The zero-order valence-corrected chi connectivity index (χ0v) is 10.4. The lowest BCUT2D eigenvalue weighted by Crippen LogP contribution is -2.49. The van der Waals surface area contributed by atoms with E-state index in [2.05, 4.69) is 5.32 Å². The summed E-state index contributed by atoms with van der Waals surface area (Å²) in [6, 6.07) is 0.604. The molecule has 2 saturated heterocycles. The van der Waals surface area contributed by atoms with Gasteiger partial charge in [-0.2, -0.15) is 0 Å². The second-order valence-corrected chi connectivity index (χ2v) is 4.92. The molecule has 2 heterocycles. The van der Waals surface area contributed by atoms with E-state index in [1.54, 1.807) is 0 Å². The highest BCUT2D eigenvalue weighted by atomic mass is 16.3. The first-order valence-electron chi connectivity index (χ1n) is 6.70. The number of hydrogen-bond acceptors (Lipinski definition) is 3. The van der Waals surface area contributed by atoms with Crippen LogP contribution in [0.2, 0.25) is 0 Å². The molecule has 2 amide bonds. The summed E-state index contributed by atoms with van der Waals surface area (Å²) in [5.41, 5.74) is 0. The van der Waals surface area contributed by atoms with Gasteiger partial charge in [-0.25, -0.2) is 4.79 Å². The van der Waals surface area contributed by atoms with Crippen LogP contribution in [-0.4, -0.2) is 66.3 Å². The van der Waals surface area contributed by atoms with Gasteiger partial charge >= 0.3 is 6.03 Å². The molecule has 0 aromatic heterocycles. The van der Waals surface area contributed by atoms with Crippen molar-refractivity contribution in [3.05, 3.63) is 0 Å². The average molecular weight is 241 g/mol. The van der Waals surface area contributed by atoms with Gasteiger partial charge < -0.3 is 20.2 Å². The molecule has 2 aliphatic rings. The molecular formula is C12H23N3O2. The second kappa shape index (κ2) is 6.21. The Morgan fingerprint density at radius 1 is 1.29 bits per heavy atom. The van der Waals surface area contributed by atoms with Gasteiger partial charge in [-0.15, -0.1) is 0 Å². The Labute approximate surface area is 103 Å². The number of nitrogens with zero attached hydrogens (tertiary/aromatic N) is 2. The molecule has 98 valence electrons. The Kier molecular flexibility index (Phi) is 4.62. The van der Waals surface area contributed by atoms with Crippen molar-refractivity contribution in [2.45, 2.75) is 31.7 Å². The summed E-state index contributed by atoms with van der Waals surface area (Å²) >= 11 is 0. The number of rotatable bonds is 6. The van der Waals surface area contributed by atoms with Gasteiger partial charge in [-0.05, 0) is 12.8 Å². The highest BCUT2D eigenvalue weighted by Gasteiger charge is 2.37. The first-order valence-corrected chi connectivity index (χ1v) is 6.70. The van der Waals surface area contributed by atoms with Crippen LogP contribution in [0, 0.1) is 0 Å². The number of fused-ring (bicyclic) bond motifs is 1. The fraction of sp³-hybridized carbons (Fsp3) is 0.917. The fourth-order valence-electron chi connectivity index (χ4n) is 2.64. The van der Waals surface area contributed by atoms with Crippen LogP contribution in [0.15, 0.2) is 0 Å². The van der Waals surface area contributed by atoms with Crippen LogP contribution in [0.1, 0.15) is 25.7 Å². The highest BCUT2D eigenvalue weighted by molar-refractivity contribution is 5.77. The standard InChI is InChI=1S/C12H23N3O2/c16-8-4-2-1-3-6-14-10-11-9-13-5-7-15(11)12(14)17/h11,13,16H,1-10H2. The third kappa shape index (κ3) is 3.10. The van der Waals surface area contributed by atoms with Crippen LogP contribution < -0.4 is 5.32 Å². The third-order valence-electron chi connectivity index (χ3n) is 3.63. The number of hydrogen-bond donors (Lipinski definition) is 2. The molecule has 0 bridgehead atoms.